The van der Waals surface area contributed by atoms with Crippen LogP contribution in [0.15, 0.2) is 77.4 Å². The van der Waals surface area contributed by atoms with Gasteiger partial charge in [0.05, 0.1) is 24.2 Å². The normalized spacial score (nSPS) is 20.1. The number of nitrogens with zero attached hydrogens (tertiary/aromatic N) is 2. The van der Waals surface area contributed by atoms with E-state index in [9.17, 15) is 9.59 Å². The van der Waals surface area contributed by atoms with Gasteiger partial charge in [-0.2, -0.15) is 0 Å². The molecule has 0 aliphatic carbocycles. The van der Waals surface area contributed by atoms with E-state index in [0.717, 1.165) is 11.3 Å². The van der Waals surface area contributed by atoms with Crippen molar-refractivity contribution in [3.8, 4) is 0 Å². The minimum atomic E-state index is -1.54. The third-order valence-electron chi connectivity index (χ3n) is 5.55. The van der Waals surface area contributed by atoms with Gasteiger partial charge in [-0.3, -0.25) is 14.5 Å². The molecule has 2 amide bonds. The maximum absolute atomic E-state index is 13.7. The highest BCUT2D eigenvalue weighted by molar-refractivity contribution is 6.16. The average molecular weight is 400 g/mol. The zero-order valence-electron chi connectivity index (χ0n) is 16.4. The molecule has 6 heteroatoms. The Balaban J connectivity index is 1.69. The van der Waals surface area contributed by atoms with Crippen LogP contribution in [0.25, 0.3) is 6.08 Å². The lowest BCUT2D eigenvalue weighted by Crippen LogP contribution is -2.59. The third kappa shape index (κ3) is 2.54. The molecule has 0 N–H and O–H groups in total. The van der Waals surface area contributed by atoms with Gasteiger partial charge in [-0.15, -0.1) is 0 Å². The zero-order chi connectivity index (χ0) is 20.7. The Labute approximate surface area is 174 Å². The number of rotatable bonds is 3. The number of amides is 2. The molecule has 150 valence electrons. The van der Waals surface area contributed by atoms with Crippen molar-refractivity contribution in [2.45, 2.75) is 19.3 Å². The fourth-order valence-corrected chi connectivity index (χ4v) is 4.23. The maximum atomic E-state index is 13.7. The first-order chi connectivity index (χ1) is 14.7. The molecule has 1 unspecified atom stereocenters. The molecule has 2 aromatic carbocycles. The molecule has 0 radical (unpaired) electrons. The van der Waals surface area contributed by atoms with Crippen LogP contribution in [0.1, 0.15) is 23.8 Å². The summed E-state index contributed by atoms with van der Waals surface area (Å²) < 4.78 is 11.6. The second-order valence-corrected chi connectivity index (χ2v) is 7.15. The van der Waals surface area contributed by atoms with Gasteiger partial charge in [0.2, 0.25) is 0 Å². The fourth-order valence-electron chi connectivity index (χ4n) is 4.23. The Morgan fingerprint density at radius 2 is 1.83 bits per heavy atom. The first-order valence-corrected chi connectivity index (χ1v) is 9.86. The quantitative estimate of drug-likeness (QED) is 0.622. The molecule has 3 aromatic rings. The number of para-hydroxylation sites is 2. The maximum Gasteiger partial charge on any atom is 0.286 e. The molecule has 30 heavy (non-hydrogen) atoms. The number of benzene rings is 2. The highest BCUT2D eigenvalue weighted by Crippen LogP contribution is 2.50. The standard InChI is InChI=1S/C24H20N2O4/c1-2-25-21-12-6-4-10-19(21)24(23(25)28)26(20-11-5-3-8-17(20)16-30-24)22(27)14-13-18-9-7-15-29-18/h3-15H,2,16H2,1H3/b14-13+. The highest BCUT2D eigenvalue weighted by atomic mass is 16.5. The van der Waals surface area contributed by atoms with E-state index in [1.807, 2.05) is 55.5 Å². The minimum Gasteiger partial charge on any atom is -0.465 e. The minimum absolute atomic E-state index is 0.236. The van der Waals surface area contributed by atoms with Gasteiger partial charge in [0.15, 0.2) is 0 Å². The Hall–Kier alpha value is -3.64. The Morgan fingerprint density at radius 1 is 1.07 bits per heavy atom. The molecular weight excluding hydrogens is 380 g/mol. The molecule has 5 rings (SSSR count). The number of fused-ring (bicyclic) bond motifs is 3. The van der Waals surface area contributed by atoms with Gasteiger partial charge in [-0.25, -0.2) is 0 Å². The van der Waals surface area contributed by atoms with Crippen LogP contribution in [-0.2, 0) is 26.7 Å². The summed E-state index contributed by atoms with van der Waals surface area (Å²) in [5.41, 5.74) is 1.41. The van der Waals surface area contributed by atoms with Crippen molar-refractivity contribution >= 4 is 29.3 Å². The lowest BCUT2D eigenvalue weighted by atomic mass is 9.97. The molecule has 0 saturated carbocycles. The van der Waals surface area contributed by atoms with Crippen molar-refractivity contribution in [2.24, 2.45) is 0 Å². The SMILES string of the molecule is CCN1C(=O)C2(OCc3ccccc3N2C(=O)/C=C/c2ccco2)c2ccccc21. The fraction of sp³-hybridized carbons (Fsp3) is 0.167. The molecule has 1 atom stereocenters. The molecular formula is C24H20N2O4. The van der Waals surface area contributed by atoms with Crippen molar-refractivity contribution in [3.05, 3.63) is 89.9 Å². The van der Waals surface area contributed by atoms with Crippen LogP contribution in [0.4, 0.5) is 11.4 Å². The van der Waals surface area contributed by atoms with E-state index >= 15 is 0 Å². The molecule has 6 nitrogen and oxygen atoms in total. The largest absolute Gasteiger partial charge is 0.465 e. The van der Waals surface area contributed by atoms with E-state index in [1.54, 1.807) is 29.4 Å². The van der Waals surface area contributed by atoms with Gasteiger partial charge in [0.25, 0.3) is 17.5 Å². The molecule has 3 heterocycles. The van der Waals surface area contributed by atoms with Crippen molar-refractivity contribution < 1.29 is 18.7 Å². The Bertz CT molecular complexity index is 1150. The van der Waals surface area contributed by atoms with Gasteiger partial charge >= 0.3 is 0 Å². The molecule has 1 spiro atoms. The lowest BCUT2D eigenvalue weighted by molar-refractivity contribution is -0.151. The summed E-state index contributed by atoms with van der Waals surface area (Å²) in [6, 6.07) is 18.5. The van der Waals surface area contributed by atoms with Gasteiger partial charge < -0.3 is 14.1 Å². The number of likely N-dealkylation sites (N-methyl/N-ethyl adjacent to an activating group) is 1. The van der Waals surface area contributed by atoms with Crippen LogP contribution in [-0.4, -0.2) is 18.4 Å². The first kappa shape index (κ1) is 18.4. The molecule has 0 fully saturated rings. The van der Waals surface area contributed by atoms with Gasteiger partial charge in [0.1, 0.15) is 5.76 Å². The lowest BCUT2D eigenvalue weighted by Gasteiger charge is -2.43. The van der Waals surface area contributed by atoms with Crippen molar-refractivity contribution in [1.29, 1.82) is 0 Å². The topological polar surface area (TPSA) is 63.0 Å². The number of ether oxygens (including phenoxy) is 1. The number of hydrogen-bond donors (Lipinski definition) is 0. The van der Waals surface area contributed by atoms with E-state index in [-0.39, 0.29) is 18.4 Å². The Morgan fingerprint density at radius 3 is 2.60 bits per heavy atom. The zero-order valence-corrected chi connectivity index (χ0v) is 16.4. The molecule has 2 aliphatic rings. The summed E-state index contributed by atoms with van der Waals surface area (Å²) in [5.74, 6) is -0.0722. The van der Waals surface area contributed by atoms with Crippen molar-refractivity contribution in [2.75, 3.05) is 16.3 Å². The number of carbonyl (C=O) groups is 2. The number of furan rings is 1. The summed E-state index contributed by atoms with van der Waals surface area (Å²) in [7, 11) is 0. The summed E-state index contributed by atoms with van der Waals surface area (Å²) in [6.45, 7) is 2.62. The number of carbonyl (C=O) groups excluding carboxylic acids is 2. The van der Waals surface area contributed by atoms with Crippen LogP contribution in [0.3, 0.4) is 0 Å². The summed E-state index contributed by atoms with van der Waals surface area (Å²) in [5, 5.41) is 0. The van der Waals surface area contributed by atoms with Gasteiger partial charge in [-0.1, -0.05) is 36.4 Å². The van der Waals surface area contributed by atoms with Crippen LogP contribution in [0.5, 0.6) is 0 Å². The monoisotopic (exact) mass is 400 g/mol. The second-order valence-electron chi connectivity index (χ2n) is 7.15. The third-order valence-corrected chi connectivity index (χ3v) is 5.55. The average Bonchev–Trinajstić information content (AvgIpc) is 3.38. The van der Waals surface area contributed by atoms with E-state index in [4.69, 9.17) is 9.15 Å². The van der Waals surface area contributed by atoms with E-state index in [2.05, 4.69) is 0 Å². The summed E-state index contributed by atoms with van der Waals surface area (Å²) >= 11 is 0. The summed E-state index contributed by atoms with van der Waals surface area (Å²) in [4.78, 5) is 30.3. The predicted octanol–water partition coefficient (Wildman–Crippen LogP) is 4.08. The van der Waals surface area contributed by atoms with Crippen LogP contribution >= 0.6 is 0 Å². The van der Waals surface area contributed by atoms with E-state index in [0.29, 0.717) is 23.6 Å². The van der Waals surface area contributed by atoms with Gasteiger partial charge in [-0.05, 0) is 37.3 Å². The smallest absolute Gasteiger partial charge is 0.286 e. The van der Waals surface area contributed by atoms with Crippen molar-refractivity contribution in [3.63, 3.8) is 0 Å². The molecule has 0 bridgehead atoms. The summed E-state index contributed by atoms with van der Waals surface area (Å²) in [6.07, 6.45) is 4.55. The molecule has 1 aromatic heterocycles. The number of hydrogen-bond acceptors (Lipinski definition) is 4. The van der Waals surface area contributed by atoms with E-state index < -0.39 is 5.72 Å². The van der Waals surface area contributed by atoms with Crippen LogP contribution < -0.4 is 9.80 Å². The molecule has 0 saturated heterocycles. The van der Waals surface area contributed by atoms with Crippen molar-refractivity contribution in [1.82, 2.24) is 0 Å². The molecule has 2 aliphatic heterocycles. The van der Waals surface area contributed by atoms with Gasteiger partial charge in [0, 0.05) is 23.7 Å². The number of anilines is 2. The van der Waals surface area contributed by atoms with Crippen LogP contribution in [0.2, 0.25) is 0 Å². The highest BCUT2D eigenvalue weighted by Gasteiger charge is 2.59. The first-order valence-electron chi connectivity index (χ1n) is 9.86. The Kier molecular flexibility index (Phi) is 4.29. The second kappa shape index (κ2) is 7.00. The van der Waals surface area contributed by atoms with Crippen LogP contribution in [0, 0.1) is 0 Å². The van der Waals surface area contributed by atoms with E-state index in [1.165, 1.54) is 11.0 Å². The predicted molar refractivity (Wildman–Crippen MR) is 113 cm³/mol.